The number of carbonyl (C=O) groups is 1. The number of carbonyl (C=O) groups excluding carboxylic acids is 1. The van der Waals surface area contributed by atoms with Gasteiger partial charge in [0.25, 0.3) is 0 Å². The maximum atomic E-state index is 11.7. The van der Waals surface area contributed by atoms with E-state index < -0.39 is 11.7 Å². The minimum atomic E-state index is -0.487. The molecule has 1 atom stereocenters. The van der Waals surface area contributed by atoms with Crippen LogP contribution in [-0.4, -0.2) is 29.4 Å². The first kappa shape index (κ1) is 13.7. The highest BCUT2D eigenvalue weighted by atomic mass is 16.6. The zero-order chi connectivity index (χ0) is 13.4. The van der Waals surface area contributed by atoms with Gasteiger partial charge in [0.05, 0.1) is 12.6 Å². The minimum absolute atomic E-state index is 0.0000104. The number of ether oxygens (including phenoxy) is 1. The molecule has 0 radical (unpaired) electrons. The summed E-state index contributed by atoms with van der Waals surface area (Å²) in [5, 5.41) is 12.2. The smallest absolute Gasteiger partial charge is 0.407 e. The number of aliphatic hydroxyl groups is 1. The van der Waals surface area contributed by atoms with Gasteiger partial charge in [0, 0.05) is 0 Å². The summed E-state index contributed by atoms with van der Waals surface area (Å²) >= 11 is 0. The minimum Gasteiger partial charge on any atom is -0.444 e. The van der Waals surface area contributed by atoms with Crippen molar-refractivity contribution in [2.75, 3.05) is 6.61 Å². The Hall–Kier alpha value is -0.770. The average molecular weight is 255 g/mol. The highest BCUT2D eigenvalue weighted by molar-refractivity contribution is 5.68. The van der Waals surface area contributed by atoms with Gasteiger partial charge in [-0.2, -0.15) is 0 Å². The van der Waals surface area contributed by atoms with Gasteiger partial charge in [0.1, 0.15) is 5.60 Å². The van der Waals surface area contributed by atoms with Crippen molar-refractivity contribution in [3.63, 3.8) is 0 Å². The van der Waals surface area contributed by atoms with Crippen LogP contribution in [0.25, 0.3) is 0 Å². The molecule has 4 heteroatoms. The maximum absolute atomic E-state index is 11.7. The van der Waals surface area contributed by atoms with Crippen molar-refractivity contribution >= 4 is 6.09 Å². The van der Waals surface area contributed by atoms with Gasteiger partial charge < -0.3 is 15.2 Å². The van der Waals surface area contributed by atoms with Crippen LogP contribution in [0.4, 0.5) is 4.79 Å². The summed E-state index contributed by atoms with van der Waals surface area (Å²) in [6.45, 7) is 5.52. The van der Waals surface area contributed by atoms with Crippen molar-refractivity contribution < 1.29 is 14.6 Å². The van der Waals surface area contributed by atoms with Crippen LogP contribution in [0.2, 0.25) is 0 Å². The van der Waals surface area contributed by atoms with Crippen LogP contribution in [0.3, 0.4) is 0 Å². The zero-order valence-electron chi connectivity index (χ0n) is 11.7. The lowest BCUT2D eigenvalue weighted by molar-refractivity contribution is -0.0492. The summed E-state index contributed by atoms with van der Waals surface area (Å²) in [6.07, 6.45) is 5.87. The van der Waals surface area contributed by atoms with Gasteiger partial charge in [-0.15, -0.1) is 0 Å². The third kappa shape index (κ3) is 2.97. The van der Waals surface area contributed by atoms with E-state index in [9.17, 15) is 9.90 Å². The molecule has 1 spiro atoms. The van der Waals surface area contributed by atoms with Gasteiger partial charge >= 0.3 is 6.09 Å². The summed E-state index contributed by atoms with van der Waals surface area (Å²) in [5.74, 6) is 0.419. The Bertz CT molecular complexity index is 309. The summed E-state index contributed by atoms with van der Waals surface area (Å²) in [6, 6.07) is -0.147. The number of nitrogens with one attached hydrogen (secondary N) is 1. The molecule has 0 saturated heterocycles. The molecular formula is C14H25NO3. The van der Waals surface area contributed by atoms with Gasteiger partial charge in [-0.1, -0.05) is 6.42 Å². The highest BCUT2D eigenvalue weighted by Crippen LogP contribution is 2.59. The molecule has 2 aliphatic rings. The number of hydrogen-bond acceptors (Lipinski definition) is 3. The lowest BCUT2D eigenvalue weighted by Gasteiger charge is -2.56. The van der Waals surface area contributed by atoms with Gasteiger partial charge in [-0.25, -0.2) is 4.79 Å². The second kappa shape index (κ2) is 4.72. The number of rotatable bonds is 3. The number of hydrogen-bond donors (Lipinski definition) is 2. The lowest BCUT2D eigenvalue weighted by Crippen LogP contribution is -2.54. The van der Waals surface area contributed by atoms with Crippen LogP contribution in [-0.2, 0) is 4.74 Å². The lowest BCUT2D eigenvalue weighted by atomic mass is 9.50. The van der Waals surface area contributed by atoms with E-state index in [0.717, 1.165) is 12.8 Å². The first-order valence-electron chi connectivity index (χ1n) is 6.94. The molecule has 0 bridgehead atoms. The SMILES string of the molecule is CC(C)(C)OC(=O)NC(CO)C1CC2(CCC2)C1. The number of aliphatic hydroxyl groups excluding tert-OH is 1. The van der Waals surface area contributed by atoms with Gasteiger partial charge in [-0.3, -0.25) is 0 Å². The third-order valence-corrected chi connectivity index (χ3v) is 4.27. The van der Waals surface area contributed by atoms with E-state index in [1.54, 1.807) is 0 Å². The molecule has 2 N–H and O–H groups in total. The van der Waals surface area contributed by atoms with Crippen molar-refractivity contribution in [1.82, 2.24) is 5.32 Å². The molecule has 1 unspecified atom stereocenters. The Balaban J connectivity index is 1.77. The Labute approximate surface area is 109 Å². The summed E-state index contributed by atoms with van der Waals surface area (Å²) < 4.78 is 5.22. The molecule has 0 aromatic heterocycles. The maximum Gasteiger partial charge on any atom is 0.407 e. The molecule has 0 aromatic rings. The predicted octanol–water partition coefficient (Wildman–Crippen LogP) is 2.45. The first-order chi connectivity index (χ1) is 8.34. The second-order valence-electron chi connectivity index (χ2n) is 6.96. The fraction of sp³-hybridized carbons (Fsp3) is 0.929. The molecule has 2 saturated carbocycles. The molecule has 2 rings (SSSR count). The van der Waals surface area contributed by atoms with Gasteiger partial charge in [-0.05, 0) is 57.8 Å². The van der Waals surface area contributed by atoms with E-state index in [2.05, 4.69) is 5.32 Å². The van der Waals surface area contributed by atoms with E-state index in [1.807, 2.05) is 20.8 Å². The van der Waals surface area contributed by atoms with E-state index in [-0.39, 0.29) is 12.6 Å². The molecule has 2 fully saturated rings. The molecule has 0 heterocycles. The monoisotopic (exact) mass is 255 g/mol. The topological polar surface area (TPSA) is 58.6 Å². The van der Waals surface area contributed by atoms with Crippen molar-refractivity contribution in [3.8, 4) is 0 Å². The fourth-order valence-electron chi connectivity index (χ4n) is 3.19. The van der Waals surface area contributed by atoms with Crippen LogP contribution >= 0.6 is 0 Å². The molecule has 104 valence electrons. The molecule has 0 aliphatic heterocycles. The molecule has 4 nitrogen and oxygen atoms in total. The van der Waals surface area contributed by atoms with Crippen LogP contribution < -0.4 is 5.32 Å². The first-order valence-corrected chi connectivity index (χ1v) is 6.94. The number of alkyl carbamates (subject to hydrolysis) is 1. The summed E-state index contributed by atoms with van der Waals surface area (Å²) in [7, 11) is 0. The van der Waals surface area contributed by atoms with E-state index in [1.165, 1.54) is 19.3 Å². The van der Waals surface area contributed by atoms with Crippen LogP contribution in [0.15, 0.2) is 0 Å². The molecule has 0 aromatic carbocycles. The largest absolute Gasteiger partial charge is 0.444 e. The van der Waals surface area contributed by atoms with Crippen molar-refractivity contribution in [3.05, 3.63) is 0 Å². The van der Waals surface area contributed by atoms with E-state index in [4.69, 9.17) is 4.74 Å². The Morgan fingerprint density at radius 2 is 2.06 bits per heavy atom. The summed E-state index contributed by atoms with van der Waals surface area (Å²) in [4.78, 5) is 11.7. The second-order valence-corrected chi connectivity index (χ2v) is 6.96. The highest BCUT2D eigenvalue weighted by Gasteiger charge is 2.50. The van der Waals surface area contributed by atoms with Crippen LogP contribution in [0, 0.1) is 11.3 Å². The fourth-order valence-corrected chi connectivity index (χ4v) is 3.19. The third-order valence-electron chi connectivity index (χ3n) is 4.27. The normalized spacial score (nSPS) is 24.0. The predicted molar refractivity (Wildman–Crippen MR) is 69.3 cm³/mol. The van der Waals surface area contributed by atoms with Crippen molar-refractivity contribution in [1.29, 1.82) is 0 Å². The van der Waals surface area contributed by atoms with Gasteiger partial charge in [0.2, 0.25) is 0 Å². The quantitative estimate of drug-likeness (QED) is 0.814. The Kier molecular flexibility index (Phi) is 3.58. The Morgan fingerprint density at radius 3 is 2.44 bits per heavy atom. The van der Waals surface area contributed by atoms with Gasteiger partial charge in [0.15, 0.2) is 0 Å². The van der Waals surface area contributed by atoms with E-state index >= 15 is 0 Å². The number of amides is 1. The molecular weight excluding hydrogens is 230 g/mol. The molecule has 2 aliphatic carbocycles. The van der Waals surface area contributed by atoms with Crippen LogP contribution in [0.1, 0.15) is 52.9 Å². The Morgan fingerprint density at radius 1 is 1.44 bits per heavy atom. The standard InChI is InChI=1S/C14H25NO3/c1-13(2,3)18-12(17)15-11(9-16)10-7-14(8-10)5-4-6-14/h10-11,16H,4-9H2,1-3H3,(H,15,17). The molecule has 18 heavy (non-hydrogen) atoms. The van der Waals surface area contributed by atoms with Crippen molar-refractivity contribution in [2.24, 2.45) is 11.3 Å². The van der Waals surface area contributed by atoms with Crippen molar-refractivity contribution in [2.45, 2.75) is 64.5 Å². The average Bonchev–Trinajstić information content (AvgIpc) is 2.08. The zero-order valence-corrected chi connectivity index (χ0v) is 11.7. The summed E-state index contributed by atoms with van der Waals surface area (Å²) in [5.41, 5.74) is 0.0760. The van der Waals surface area contributed by atoms with E-state index in [0.29, 0.717) is 11.3 Å². The van der Waals surface area contributed by atoms with Crippen LogP contribution in [0.5, 0.6) is 0 Å². The molecule has 1 amide bonds.